The molecule has 0 unspecified atom stereocenters. The van der Waals surface area contributed by atoms with Crippen LogP contribution in [0.4, 0.5) is 11.4 Å². The highest BCUT2D eigenvalue weighted by molar-refractivity contribution is 7.91. The highest BCUT2D eigenvalue weighted by atomic mass is 32.2. The van der Waals surface area contributed by atoms with E-state index in [1.54, 1.807) is 48.5 Å². The maximum absolute atomic E-state index is 12.2. The van der Waals surface area contributed by atoms with Gasteiger partial charge in [0.2, 0.25) is 9.84 Å². The number of anilines is 1. The van der Waals surface area contributed by atoms with Crippen LogP contribution >= 0.6 is 0 Å². The number of quaternary nitrogens is 1. The van der Waals surface area contributed by atoms with Gasteiger partial charge >= 0.3 is 0 Å². The van der Waals surface area contributed by atoms with Crippen molar-refractivity contribution in [2.24, 2.45) is 0 Å². The molecule has 148 valence electrons. The molecule has 0 spiro atoms. The van der Waals surface area contributed by atoms with E-state index in [2.05, 4.69) is 5.73 Å². The summed E-state index contributed by atoms with van der Waals surface area (Å²) in [5.41, 5.74) is 11.5. The summed E-state index contributed by atoms with van der Waals surface area (Å²) in [5, 5.41) is 0. The summed E-state index contributed by atoms with van der Waals surface area (Å²) in [6, 6.07) is 18.4. The minimum atomic E-state index is -4.27. The average Bonchev–Trinajstić information content (AvgIpc) is 2.62. The van der Waals surface area contributed by atoms with Crippen LogP contribution in [-0.4, -0.2) is 21.4 Å². The van der Waals surface area contributed by atoms with E-state index in [-0.39, 0.29) is 14.7 Å². The zero-order valence-electron chi connectivity index (χ0n) is 15.1. The van der Waals surface area contributed by atoms with Gasteiger partial charge in [-0.25, -0.2) is 16.8 Å². The van der Waals surface area contributed by atoms with E-state index in [1.807, 2.05) is 6.92 Å². The van der Waals surface area contributed by atoms with Crippen molar-refractivity contribution in [3.8, 4) is 0 Å². The SMILES string of the molecule is Cc1ccc(S(=O)(=O)[O-])cc1.Nc1ccc(S(=O)(=O)c2ccc([NH3+])cc2)cc1. The topological polar surface area (TPSA) is 145 Å². The molecule has 0 atom stereocenters. The molecule has 0 amide bonds. The highest BCUT2D eigenvalue weighted by Gasteiger charge is 2.17. The van der Waals surface area contributed by atoms with Gasteiger partial charge in [0.05, 0.1) is 14.7 Å². The van der Waals surface area contributed by atoms with Gasteiger partial charge in [0.1, 0.15) is 15.8 Å². The summed E-state index contributed by atoms with van der Waals surface area (Å²) >= 11 is 0. The molecule has 0 saturated heterocycles. The van der Waals surface area contributed by atoms with Crippen LogP contribution in [0.15, 0.2) is 87.5 Å². The normalized spacial score (nSPS) is 11.4. The van der Waals surface area contributed by atoms with Crippen LogP contribution in [0.1, 0.15) is 5.56 Å². The van der Waals surface area contributed by atoms with Crippen molar-refractivity contribution < 1.29 is 27.1 Å². The molecule has 9 heteroatoms. The standard InChI is InChI=1S/C12H12N2O2S.C7H8O3S/c13-9-1-5-11(6-2-9)17(15,16)12-7-3-10(14)4-8-12;1-6-2-4-7(5-3-6)11(8,9)10/h1-8H,13-14H2;2-5H,1H3,(H,8,9,10). The minimum Gasteiger partial charge on any atom is -0.744 e. The Morgan fingerprint density at radius 2 is 1.11 bits per heavy atom. The van der Waals surface area contributed by atoms with Gasteiger partial charge in [-0.1, -0.05) is 17.7 Å². The van der Waals surface area contributed by atoms with Crippen molar-refractivity contribution in [1.29, 1.82) is 0 Å². The van der Waals surface area contributed by atoms with Crippen molar-refractivity contribution >= 4 is 31.3 Å². The maximum Gasteiger partial charge on any atom is 0.206 e. The van der Waals surface area contributed by atoms with Gasteiger partial charge < -0.3 is 16.0 Å². The molecule has 3 rings (SSSR count). The second-order valence-corrected chi connectivity index (χ2v) is 9.31. The predicted octanol–water partition coefficient (Wildman–Crippen LogP) is 1.87. The Hall–Kier alpha value is -2.72. The molecule has 0 heterocycles. The minimum absolute atomic E-state index is 0.178. The lowest BCUT2D eigenvalue weighted by molar-refractivity contribution is -0.254. The number of rotatable bonds is 3. The fourth-order valence-electron chi connectivity index (χ4n) is 2.16. The summed E-state index contributed by atoms with van der Waals surface area (Å²) in [5.74, 6) is 0. The van der Waals surface area contributed by atoms with E-state index < -0.39 is 20.0 Å². The fraction of sp³-hybridized carbons (Fsp3) is 0.0526. The second kappa shape index (κ2) is 8.53. The van der Waals surface area contributed by atoms with Gasteiger partial charge in [-0.05, 0) is 55.5 Å². The molecule has 0 aliphatic heterocycles. The van der Waals surface area contributed by atoms with Crippen LogP contribution in [0, 0.1) is 6.92 Å². The molecular weight excluding hydrogens is 400 g/mol. The third-order valence-corrected chi connectivity index (χ3v) is 6.37. The Morgan fingerprint density at radius 3 is 1.54 bits per heavy atom. The fourth-order valence-corrected chi connectivity index (χ4v) is 3.89. The molecular formula is C19H20N2O5S2. The van der Waals surface area contributed by atoms with Crippen molar-refractivity contribution in [2.75, 3.05) is 5.73 Å². The molecule has 3 aromatic carbocycles. The molecule has 28 heavy (non-hydrogen) atoms. The number of nitrogens with two attached hydrogens (primary N) is 1. The largest absolute Gasteiger partial charge is 0.744 e. The van der Waals surface area contributed by atoms with E-state index in [1.165, 1.54) is 24.3 Å². The highest BCUT2D eigenvalue weighted by Crippen LogP contribution is 2.22. The zero-order valence-corrected chi connectivity index (χ0v) is 16.7. The van der Waals surface area contributed by atoms with Crippen molar-refractivity contribution in [2.45, 2.75) is 21.6 Å². The van der Waals surface area contributed by atoms with Gasteiger partial charge in [-0.15, -0.1) is 0 Å². The van der Waals surface area contributed by atoms with E-state index in [0.29, 0.717) is 5.69 Å². The summed E-state index contributed by atoms with van der Waals surface area (Å²) in [4.78, 5) is 0.321. The average molecular weight is 421 g/mol. The van der Waals surface area contributed by atoms with Crippen molar-refractivity contribution in [3.63, 3.8) is 0 Å². The number of sulfone groups is 1. The molecule has 5 N–H and O–H groups in total. The first-order valence-electron chi connectivity index (χ1n) is 8.05. The molecule has 7 nitrogen and oxygen atoms in total. The third-order valence-electron chi connectivity index (χ3n) is 3.73. The van der Waals surface area contributed by atoms with Gasteiger partial charge in [0.15, 0.2) is 0 Å². The quantitative estimate of drug-likeness (QED) is 0.489. The van der Waals surface area contributed by atoms with Gasteiger partial charge in [0.25, 0.3) is 0 Å². The van der Waals surface area contributed by atoms with Crippen LogP contribution in [0.2, 0.25) is 0 Å². The van der Waals surface area contributed by atoms with Crippen LogP contribution in [0.5, 0.6) is 0 Å². The Balaban J connectivity index is 0.000000221. The molecule has 3 aromatic rings. The summed E-state index contributed by atoms with van der Waals surface area (Å²) in [6.07, 6.45) is 0. The molecule has 0 radical (unpaired) electrons. The number of nitrogen functional groups attached to an aromatic ring is 1. The van der Waals surface area contributed by atoms with E-state index in [9.17, 15) is 21.4 Å². The zero-order chi connectivity index (χ0) is 20.9. The molecule has 0 saturated carbocycles. The second-order valence-electron chi connectivity index (χ2n) is 5.98. The lowest BCUT2D eigenvalue weighted by Gasteiger charge is -2.05. The summed E-state index contributed by atoms with van der Waals surface area (Å²) in [6.45, 7) is 1.82. The van der Waals surface area contributed by atoms with Crippen LogP contribution < -0.4 is 11.5 Å². The summed E-state index contributed by atoms with van der Waals surface area (Å²) in [7, 11) is -7.73. The first kappa shape index (κ1) is 21.6. The Kier molecular flexibility index (Phi) is 6.57. The van der Waals surface area contributed by atoms with E-state index in [0.717, 1.165) is 11.3 Å². The molecule has 0 aromatic heterocycles. The number of hydrogen-bond donors (Lipinski definition) is 2. The number of aryl methyl sites for hydroxylation is 1. The van der Waals surface area contributed by atoms with Crippen molar-refractivity contribution in [3.05, 3.63) is 78.4 Å². The Bertz CT molecular complexity index is 1090. The van der Waals surface area contributed by atoms with Crippen LogP contribution in [0.3, 0.4) is 0 Å². The number of hydrogen-bond acceptors (Lipinski definition) is 6. The Morgan fingerprint density at radius 1 is 0.714 bits per heavy atom. The van der Waals surface area contributed by atoms with Gasteiger partial charge in [-0.3, -0.25) is 0 Å². The molecule has 0 aliphatic rings. The van der Waals surface area contributed by atoms with E-state index >= 15 is 0 Å². The maximum atomic E-state index is 12.2. The first-order valence-corrected chi connectivity index (χ1v) is 10.9. The third kappa shape index (κ3) is 5.64. The molecule has 0 fully saturated rings. The predicted molar refractivity (Wildman–Crippen MR) is 104 cm³/mol. The number of benzene rings is 3. The molecule has 0 bridgehead atoms. The lowest BCUT2D eigenvalue weighted by Crippen LogP contribution is -2.39. The summed E-state index contributed by atoms with van der Waals surface area (Å²) < 4.78 is 55.6. The first-order chi connectivity index (χ1) is 13.0. The van der Waals surface area contributed by atoms with Crippen LogP contribution in [0.25, 0.3) is 0 Å². The lowest BCUT2D eigenvalue weighted by atomic mass is 10.2. The van der Waals surface area contributed by atoms with Gasteiger partial charge in [0, 0.05) is 17.8 Å². The molecule has 0 aliphatic carbocycles. The van der Waals surface area contributed by atoms with E-state index in [4.69, 9.17) is 5.73 Å². The smallest absolute Gasteiger partial charge is 0.206 e. The Labute approximate surface area is 164 Å². The monoisotopic (exact) mass is 420 g/mol. The van der Waals surface area contributed by atoms with Gasteiger partial charge in [-0.2, -0.15) is 0 Å². The van der Waals surface area contributed by atoms with Crippen molar-refractivity contribution in [1.82, 2.24) is 0 Å². The van der Waals surface area contributed by atoms with Crippen LogP contribution in [-0.2, 0) is 20.0 Å².